The normalized spacial score (nSPS) is 11.6. The number of pyridine rings is 1. The summed E-state index contributed by atoms with van der Waals surface area (Å²) in [5.41, 5.74) is 4.01. The first-order valence-electron chi connectivity index (χ1n) is 11.3. The summed E-state index contributed by atoms with van der Waals surface area (Å²) in [5.74, 6) is -0.305. The minimum absolute atomic E-state index is 0.0174. The van der Waals surface area contributed by atoms with Gasteiger partial charge in [-0.1, -0.05) is 36.4 Å². The van der Waals surface area contributed by atoms with Crippen LogP contribution in [0.4, 0.5) is 0 Å². The zero-order chi connectivity index (χ0) is 24.6. The number of allylic oxidation sites excluding steroid dienone is 1. The Morgan fingerprint density at radius 1 is 1.14 bits per heavy atom. The van der Waals surface area contributed by atoms with E-state index in [1.165, 1.54) is 6.20 Å². The van der Waals surface area contributed by atoms with Crippen LogP contribution in [0.2, 0.25) is 0 Å². The van der Waals surface area contributed by atoms with Crippen LogP contribution in [0.3, 0.4) is 0 Å². The molecule has 0 aliphatic rings. The van der Waals surface area contributed by atoms with Gasteiger partial charge in [0.15, 0.2) is 0 Å². The fourth-order valence-corrected chi connectivity index (χ4v) is 3.90. The van der Waals surface area contributed by atoms with Crippen molar-refractivity contribution < 1.29 is 19.1 Å². The van der Waals surface area contributed by atoms with Gasteiger partial charge in [0.25, 0.3) is 5.91 Å². The number of nitrogens with one attached hydrogen (secondary N) is 2. The van der Waals surface area contributed by atoms with Crippen molar-refractivity contribution in [3.63, 3.8) is 0 Å². The maximum atomic E-state index is 13.2. The van der Waals surface area contributed by atoms with Crippen LogP contribution in [0.25, 0.3) is 10.9 Å². The topological polar surface area (TPSA) is 93.3 Å². The number of aromatic amines is 1. The van der Waals surface area contributed by atoms with Crippen molar-refractivity contribution in [2.45, 2.75) is 25.5 Å². The molecule has 2 aromatic carbocycles. The zero-order valence-corrected chi connectivity index (χ0v) is 19.5. The van der Waals surface area contributed by atoms with Gasteiger partial charge in [-0.15, -0.1) is 6.58 Å². The molecule has 0 radical (unpaired) electrons. The predicted octanol–water partition coefficient (Wildman–Crippen LogP) is 4.38. The molecule has 4 aromatic rings. The van der Waals surface area contributed by atoms with E-state index < -0.39 is 17.9 Å². The summed E-state index contributed by atoms with van der Waals surface area (Å²) in [4.78, 5) is 33.2. The van der Waals surface area contributed by atoms with Crippen LogP contribution in [-0.2, 0) is 29.0 Å². The van der Waals surface area contributed by atoms with Crippen LogP contribution in [0.5, 0.6) is 5.75 Å². The van der Waals surface area contributed by atoms with E-state index in [0.29, 0.717) is 17.7 Å². The van der Waals surface area contributed by atoms with E-state index in [1.807, 2.05) is 54.7 Å². The van der Waals surface area contributed by atoms with E-state index in [-0.39, 0.29) is 13.0 Å². The molecule has 1 unspecified atom stereocenters. The Morgan fingerprint density at radius 3 is 2.77 bits per heavy atom. The molecule has 0 fully saturated rings. The molecular formula is C28H27N3O4. The first-order chi connectivity index (χ1) is 17.1. The van der Waals surface area contributed by atoms with Gasteiger partial charge in [-0.3, -0.25) is 9.78 Å². The van der Waals surface area contributed by atoms with Gasteiger partial charge >= 0.3 is 5.97 Å². The largest absolute Gasteiger partial charge is 0.496 e. The molecule has 178 valence electrons. The summed E-state index contributed by atoms with van der Waals surface area (Å²) in [6, 6.07) is 15.9. The number of para-hydroxylation sites is 1. The highest BCUT2D eigenvalue weighted by Gasteiger charge is 2.25. The Kier molecular flexibility index (Phi) is 7.57. The van der Waals surface area contributed by atoms with Gasteiger partial charge in [-0.2, -0.15) is 0 Å². The van der Waals surface area contributed by atoms with Crippen molar-refractivity contribution >= 4 is 22.8 Å². The maximum absolute atomic E-state index is 13.2. The first-order valence-corrected chi connectivity index (χ1v) is 11.3. The maximum Gasteiger partial charge on any atom is 0.329 e. The lowest BCUT2D eigenvalue weighted by Gasteiger charge is -2.18. The molecule has 0 aliphatic heterocycles. The van der Waals surface area contributed by atoms with E-state index in [1.54, 1.807) is 25.4 Å². The summed E-state index contributed by atoms with van der Waals surface area (Å²) >= 11 is 0. The van der Waals surface area contributed by atoms with Crippen molar-refractivity contribution in [1.82, 2.24) is 15.3 Å². The highest BCUT2D eigenvalue weighted by atomic mass is 16.5. The third kappa shape index (κ3) is 5.76. The van der Waals surface area contributed by atoms with Crippen LogP contribution in [0.1, 0.15) is 27.0 Å². The number of H-pyrrole nitrogens is 1. The number of aromatic nitrogens is 2. The van der Waals surface area contributed by atoms with Crippen LogP contribution < -0.4 is 10.1 Å². The third-order valence-corrected chi connectivity index (χ3v) is 5.71. The van der Waals surface area contributed by atoms with Gasteiger partial charge in [0.2, 0.25) is 0 Å². The Morgan fingerprint density at radius 2 is 2.00 bits per heavy atom. The number of hydrogen-bond donors (Lipinski definition) is 2. The average Bonchev–Trinajstić information content (AvgIpc) is 3.30. The number of nitrogens with zero attached hydrogens (tertiary/aromatic N) is 1. The molecule has 0 bridgehead atoms. The number of methoxy groups -OCH3 is 1. The third-order valence-electron chi connectivity index (χ3n) is 5.71. The molecule has 1 amide bonds. The summed E-state index contributed by atoms with van der Waals surface area (Å²) in [6.07, 6.45) is 7.69. The molecule has 7 heteroatoms. The Labute approximate surface area is 203 Å². The first kappa shape index (κ1) is 23.8. The molecule has 7 nitrogen and oxygen atoms in total. The number of fused-ring (bicyclic) bond motifs is 1. The highest BCUT2D eigenvalue weighted by molar-refractivity contribution is 5.96. The fraction of sp³-hybridized carbons (Fsp3) is 0.179. The molecule has 35 heavy (non-hydrogen) atoms. The lowest BCUT2D eigenvalue weighted by molar-refractivity contribution is -0.147. The average molecular weight is 470 g/mol. The number of carbonyl (C=O) groups is 2. The van der Waals surface area contributed by atoms with Crippen LogP contribution >= 0.6 is 0 Å². The summed E-state index contributed by atoms with van der Waals surface area (Å²) in [6.45, 7) is 3.77. The minimum atomic E-state index is -0.895. The standard InChI is InChI=1S/C28H27N3O4/c1-3-7-19-11-12-21(26(14-19)34-2)18-35-28(33)25(31-27(32)20-8-6-13-29-16-20)15-22-17-30-24-10-5-4-9-23(22)24/h3-6,8-14,16-17,25,30H,1,7,15,18H2,2H3,(H,31,32). The number of esters is 1. The molecule has 0 saturated heterocycles. The lowest BCUT2D eigenvalue weighted by atomic mass is 10.0. The summed E-state index contributed by atoms with van der Waals surface area (Å²) in [7, 11) is 1.58. The van der Waals surface area contributed by atoms with E-state index in [2.05, 4.69) is 21.9 Å². The molecule has 2 aromatic heterocycles. The van der Waals surface area contributed by atoms with E-state index in [9.17, 15) is 9.59 Å². The Bertz CT molecular complexity index is 1330. The SMILES string of the molecule is C=CCc1ccc(COC(=O)C(Cc2c[nH]c3ccccc23)NC(=O)c2cccnc2)c(OC)c1. The molecule has 1 atom stereocenters. The number of ether oxygens (including phenoxy) is 2. The van der Waals surface area contributed by atoms with E-state index in [4.69, 9.17) is 9.47 Å². The molecule has 4 rings (SSSR count). The van der Waals surface area contributed by atoms with E-state index in [0.717, 1.165) is 27.6 Å². The van der Waals surface area contributed by atoms with Crippen molar-refractivity contribution in [2.24, 2.45) is 0 Å². The van der Waals surface area contributed by atoms with Gasteiger partial charge in [0.1, 0.15) is 18.4 Å². The molecular weight excluding hydrogens is 442 g/mol. The van der Waals surface area contributed by atoms with Crippen LogP contribution in [0, 0.1) is 0 Å². The highest BCUT2D eigenvalue weighted by Crippen LogP contribution is 2.23. The zero-order valence-electron chi connectivity index (χ0n) is 19.5. The van der Waals surface area contributed by atoms with Crippen LogP contribution in [0.15, 0.2) is 85.8 Å². The van der Waals surface area contributed by atoms with Gasteiger partial charge in [-0.25, -0.2) is 4.79 Å². The summed E-state index contributed by atoms with van der Waals surface area (Å²) < 4.78 is 11.1. The molecule has 2 heterocycles. The smallest absolute Gasteiger partial charge is 0.329 e. The minimum Gasteiger partial charge on any atom is -0.496 e. The Hall–Kier alpha value is -4.39. The number of carbonyl (C=O) groups excluding carboxylic acids is 2. The summed E-state index contributed by atoms with van der Waals surface area (Å²) in [5, 5.41) is 3.80. The Balaban J connectivity index is 1.53. The van der Waals surface area contributed by atoms with Crippen LogP contribution in [-0.4, -0.2) is 35.0 Å². The number of rotatable bonds is 10. The lowest BCUT2D eigenvalue weighted by Crippen LogP contribution is -2.43. The van der Waals surface area contributed by atoms with E-state index >= 15 is 0 Å². The number of hydrogen-bond acceptors (Lipinski definition) is 5. The number of benzene rings is 2. The van der Waals surface area contributed by atoms with Crippen molar-refractivity contribution in [3.05, 3.63) is 108 Å². The van der Waals surface area contributed by atoms with Gasteiger partial charge < -0.3 is 19.8 Å². The van der Waals surface area contributed by atoms with Crippen molar-refractivity contribution in [3.8, 4) is 5.75 Å². The molecule has 0 spiro atoms. The monoisotopic (exact) mass is 469 g/mol. The molecule has 0 aliphatic carbocycles. The second kappa shape index (κ2) is 11.2. The second-order valence-electron chi connectivity index (χ2n) is 8.08. The van der Waals surface area contributed by atoms with Gasteiger partial charge in [-0.05, 0) is 41.8 Å². The van der Waals surface area contributed by atoms with Gasteiger partial charge in [0, 0.05) is 41.5 Å². The predicted molar refractivity (Wildman–Crippen MR) is 134 cm³/mol. The fourth-order valence-electron chi connectivity index (χ4n) is 3.90. The van der Waals surface area contributed by atoms with Crippen molar-refractivity contribution in [1.29, 1.82) is 0 Å². The number of amides is 1. The van der Waals surface area contributed by atoms with Gasteiger partial charge in [0.05, 0.1) is 12.7 Å². The molecule has 0 saturated carbocycles. The van der Waals surface area contributed by atoms with Crippen molar-refractivity contribution in [2.75, 3.05) is 7.11 Å². The quantitative estimate of drug-likeness (QED) is 0.266. The second-order valence-corrected chi connectivity index (χ2v) is 8.08. The molecule has 2 N–H and O–H groups in total.